The summed E-state index contributed by atoms with van der Waals surface area (Å²) < 4.78 is 5.30. The van der Waals surface area contributed by atoms with E-state index in [4.69, 9.17) is 4.74 Å². The summed E-state index contributed by atoms with van der Waals surface area (Å²) in [5, 5.41) is 3.14. The molecule has 0 saturated heterocycles. The van der Waals surface area contributed by atoms with Crippen molar-refractivity contribution in [1.29, 1.82) is 0 Å². The summed E-state index contributed by atoms with van der Waals surface area (Å²) in [5.74, 6) is 0.803. The van der Waals surface area contributed by atoms with Gasteiger partial charge in [0.25, 0.3) is 5.91 Å². The van der Waals surface area contributed by atoms with Gasteiger partial charge in [0.2, 0.25) is 0 Å². The van der Waals surface area contributed by atoms with Crippen molar-refractivity contribution in [3.63, 3.8) is 0 Å². The minimum Gasteiger partial charge on any atom is -0.497 e. The first kappa shape index (κ1) is 17.1. The Labute approximate surface area is 167 Å². The summed E-state index contributed by atoms with van der Waals surface area (Å²) >= 11 is 1.78. The Hall–Kier alpha value is -3.05. The Morgan fingerprint density at radius 1 is 1.14 bits per heavy atom. The fraction of sp³-hybridized carbons (Fsp3) is 0.174. The van der Waals surface area contributed by atoms with Crippen LogP contribution in [0.5, 0.6) is 5.75 Å². The second kappa shape index (κ2) is 6.84. The number of methoxy groups -OCH3 is 1. The van der Waals surface area contributed by atoms with E-state index in [2.05, 4.69) is 28.6 Å². The topological polar surface area (TPSA) is 45.3 Å². The van der Waals surface area contributed by atoms with Gasteiger partial charge < -0.3 is 14.6 Å². The number of amides is 1. The summed E-state index contributed by atoms with van der Waals surface area (Å²) in [4.78, 5) is 20.2. The van der Waals surface area contributed by atoms with Crippen LogP contribution in [0.3, 0.4) is 0 Å². The van der Waals surface area contributed by atoms with Gasteiger partial charge in [-0.3, -0.25) is 4.79 Å². The van der Waals surface area contributed by atoms with E-state index in [1.807, 2.05) is 47.4 Å². The molecule has 2 aromatic carbocycles. The van der Waals surface area contributed by atoms with Crippen molar-refractivity contribution >= 4 is 28.1 Å². The Balaban J connectivity index is 1.56. The molecular formula is C23H20N2O2S. The van der Waals surface area contributed by atoms with Crippen LogP contribution in [0.2, 0.25) is 0 Å². The van der Waals surface area contributed by atoms with Gasteiger partial charge in [-0.1, -0.05) is 30.3 Å². The highest BCUT2D eigenvalue weighted by molar-refractivity contribution is 7.10. The molecular weight excluding hydrogens is 368 g/mol. The summed E-state index contributed by atoms with van der Waals surface area (Å²) in [7, 11) is 1.65. The zero-order valence-electron chi connectivity index (χ0n) is 15.5. The maximum atomic E-state index is 13.5. The number of H-pyrrole nitrogens is 1. The number of nitrogens with one attached hydrogen (secondary N) is 1. The van der Waals surface area contributed by atoms with Gasteiger partial charge in [0.1, 0.15) is 11.4 Å². The van der Waals surface area contributed by atoms with E-state index in [1.54, 1.807) is 18.4 Å². The largest absolute Gasteiger partial charge is 0.497 e. The highest BCUT2D eigenvalue weighted by atomic mass is 32.1. The molecule has 5 rings (SSSR count). The van der Waals surface area contributed by atoms with Crippen molar-refractivity contribution in [3.8, 4) is 5.75 Å². The lowest BCUT2D eigenvalue weighted by atomic mass is 9.93. The first-order valence-electron chi connectivity index (χ1n) is 9.33. The number of nitrogens with zero attached hydrogens (tertiary/aromatic N) is 1. The maximum absolute atomic E-state index is 13.5. The molecule has 1 aliphatic heterocycles. The van der Waals surface area contributed by atoms with Crippen molar-refractivity contribution in [2.75, 3.05) is 13.7 Å². The first-order chi connectivity index (χ1) is 13.7. The second-order valence-electron chi connectivity index (χ2n) is 7.00. The molecule has 0 radical (unpaired) electrons. The molecule has 28 heavy (non-hydrogen) atoms. The van der Waals surface area contributed by atoms with Crippen LogP contribution in [0.25, 0.3) is 10.9 Å². The molecule has 4 aromatic rings. The highest BCUT2D eigenvalue weighted by Crippen LogP contribution is 2.38. The maximum Gasteiger partial charge on any atom is 0.271 e. The zero-order valence-corrected chi connectivity index (χ0v) is 16.3. The summed E-state index contributed by atoms with van der Waals surface area (Å²) in [6.07, 6.45) is 0.899. The van der Waals surface area contributed by atoms with Crippen molar-refractivity contribution in [1.82, 2.24) is 9.88 Å². The van der Waals surface area contributed by atoms with Crippen LogP contribution in [0.15, 0.2) is 66.0 Å². The van der Waals surface area contributed by atoms with Gasteiger partial charge in [-0.05, 0) is 47.2 Å². The molecule has 3 heterocycles. The van der Waals surface area contributed by atoms with Gasteiger partial charge in [-0.2, -0.15) is 0 Å². The Bertz CT molecular complexity index is 1150. The van der Waals surface area contributed by atoms with Gasteiger partial charge in [-0.15, -0.1) is 11.3 Å². The minimum absolute atomic E-state index is 0.0286. The molecule has 0 bridgehead atoms. The van der Waals surface area contributed by atoms with Crippen molar-refractivity contribution in [3.05, 3.63) is 87.7 Å². The van der Waals surface area contributed by atoms with Crippen molar-refractivity contribution < 1.29 is 9.53 Å². The smallest absolute Gasteiger partial charge is 0.271 e. The Morgan fingerprint density at radius 2 is 2.00 bits per heavy atom. The molecule has 0 fully saturated rings. The Morgan fingerprint density at radius 3 is 2.82 bits per heavy atom. The van der Waals surface area contributed by atoms with Crippen LogP contribution in [0, 0.1) is 0 Å². The van der Waals surface area contributed by atoms with Crippen LogP contribution >= 0.6 is 11.3 Å². The van der Waals surface area contributed by atoms with E-state index < -0.39 is 0 Å². The molecule has 1 amide bonds. The standard InChI is InChI=1S/C23H20N2O2S/c1-27-17-8-7-16-13-20(24-19(16)14-17)23(26)25-11-9-21-18(10-12-28-21)22(25)15-5-3-2-4-6-15/h2-8,10,12-14,22,24H,9,11H2,1H3. The fourth-order valence-electron chi connectivity index (χ4n) is 4.03. The number of ether oxygens (including phenoxy) is 1. The van der Waals surface area contributed by atoms with E-state index in [9.17, 15) is 4.79 Å². The lowest BCUT2D eigenvalue weighted by Gasteiger charge is -2.36. The number of carbonyl (C=O) groups is 1. The molecule has 1 aliphatic rings. The van der Waals surface area contributed by atoms with Crippen LogP contribution < -0.4 is 4.74 Å². The normalized spacial score (nSPS) is 16.2. The van der Waals surface area contributed by atoms with Gasteiger partial charge in [-0.25, -0.2) is 0 Å². The summed E-state index contributed by atoms with van der Waals surface area (Å²) in [6.45, 7) is 0.713. The van der Waals surface area contributed by atoms with E-state index >= 15 is 0 Å². The van der Waals surface area contributed by atoms with Gasteiger partial charge in [0, 0.05) is 28.4 Å². The van der Waals surface area contributed by atoms with Gasteiger partial charge >= 0.3 is 0 Å². The van der Waals surface area contributed by atoms with Crippen LogP contribution in [-0.2, 0) is 6.42 Å². The number of rotatable bonds is 3. The predicted molar refractivity (Wildman–Crippen MR) is 112 cm³/mol. The third-order valence-corrected chi connectivity index (χ3v) is 6.40. The monoisotopic (exact) mass is 388 g/mol. The Kier molecular flexibility index (Phi) is 4.17. The third kappa shape index (κ3) is 2.79. The van der Waals surface area contributed by atoms with Gasteiger partial charge in [0.15, 0.2) is 0 Å². The number of carbonyl (C=O) groups excluding carboxylic acids is 1. The van der Waals surface area contributed by atoms with E-state index in [-0.39, 0.29) is 11.9 Å². The van der Waals surface area contributed by atoms with E-state index in [0.29, 0.717) is 12.2 Å². The molecule has 1 N–H and O–H groups in total. The lowest BCUT2D eigenvalue weighted by Crippen LogP contribution is -2.40. The van der Waals surface area contributed by atoms with E-state index in [0.717, 1.165) is 28.6 Å². The average Bonchev–Trinajstić information content (AvgIpc) is 3.39. The summed E-state index contributed by atoms with van der Waals surface area (Å²) in [5.41, 5.74) is 3.91. The molecule has 0 spiro atoms. The number of fused-ring (bicyclic) bond motifs is 2. The number of aromatic nitrogens is 1. The molecule has 5 heteroatoms. The zero-order chi connectivity index (χ0) is 19.1. The first-order valence-corrected chi connectivity index (χ1v) is 10.2. The van der Waals surface area contributed by atoms with Crippen LogP contribution in [0.1, 0.15) is 32.5 Å². The molecule has 1 atom stereocenters. The summed E-state index contributed by atoms with van der Waals surface area (Å²) in [6, 6.07) is 20.1. The number of aromatic amines is 1. The van der Waals surface area contributed by atoms with Crippen molar-refractivity contribution in [2.24, 2.45) is 0 Å². The van der Waals surface area contributed by atoms with Gasteiger partial charge in [0.05, 0.1) is 13.2 Å². The molecule has 1 unspecified atom stereocenters. The van der Waals surface area contributed by atoms with Crippen LogP contribution in [0.4, 0.5) is 0 Å². The highest BCUT2D eigenvalue weighted by Gasteiger charge is 2.33. The SMILES string of the molecule is COc1ccc2cc(C(=O)N3CCc4sccc4C3c3ccccc3)[nH]c2c1. The average molecular weight is 388 g/mol. The molecule has 140 valence electrons. The lowest BCUT2D eigenvalue weighted by molar-refractivity contribution is 0.0691. The minimum atomic E-state index is -0.0513. The van der Waals surface area contributed by atoms with Crippen LogP contribution in [-0.4, -0.2) is 29.4 Å². The number of hydrogen-bond donors (Lipinski definition) is 1. The molecule has 0 aliphatic carbocycles. The molecule has 4 nitrogen and oxygen atoms in total. The van der Waals surface area contributed by atoms with E-state index in [1.165, 1.54) is 10.4 Å². The fourth-order valence-corrected chi connectivity index (χ4v) is 4.94. The third-order valence-electron chi connectivity index (χ3n) is 5.40. The number of hydrogen-bond acceptors (Lipinski definition) is 3. The second-order valence-corrected chi connectivity index (χ2v) is 8.00. The van der Waals surface area contributed by atoms with Crippen molar-refractivity contribution in [2.45, 2.75) is 12.5 Å². The molecule has 0 saturated carbocycles. The molecule has 2 aromatic heterocycles. The predicted octanol–water partition coefficient (Wildman–Crippen LogP) is 5.03. The number of benzene rings is 2. The quantitative estimate of drug-likeness (QED) is 0.535. The number of thiophene rings is 1.